The van der Waals surface area contributed by atoms with Crippen LogP contribution in [0.3, 0.4) is 0 Å². The first-order valence-corrected chi connectivity index (χ1v) is 4.75. The Morgan fingerprint density at radius 2 is 2.33 bits per heavy atom. The molecule has 1 aromatic heterocycles. The summed E-state index contributed by atoms with van der Waals surface area (Å²) in [6.07, 6.45) is 1.56. The molecule has 0 radical (unpaired) electrons. The third-order valence-corrected chi connectivity index (χ3v) is 2.41. The van der Waals surface area contributed by atoms with Crippen LogP contribution in [0.2, 0.25) is 0 Å². The van der Waals surface area contributed by atoms with Crippen LogP contribution < -0.4 is 16.4 Å². The first-order valence-electron chi connectivity index (χ1n) is 4.75. The number of primary amides is 1. The molecule has 1 heterocycles. The van der Waals surface area contributed by atoms with Gasteiger partial charge in [-0.1, -0.05) is 0 Å². The van der Waals surface area contributed by atoms with E-state index in [4.69, 9.17) is 11.5 Å². The van der Waals surface area contributed by atoms with Gasteiger partial charge in [-0.15, -0.1) is 0 Å². The zero-order valence-electron chi connectivity index (χ0n) is 8.97. The molecule has 0 aliphatic heterocycles. The van der Waals surface area contributed by atoms with Crippen LogP contribution >= 0.6 is 0 Å². The van der Waals surface area contributed by atoms with Crippen LogP contribution in [0.5, 0.6) is 0 Å². The van der Waals surface area contributed by atoms with E-state index in [2.05, 4.69) is 4.98 Å². The summed E-state index contributed by atoms with van der Waals surface area (Å²) in [5.41, 5.74) is 11.9. The van der Waals surface area contributed by atoms with Crippen molar-refractivity contribution in [1.29, 1.82) is 0 Å². The first kappa shape index (κ1) is 11.5. The normalized spacial score (nSPS) is 12.2. The molecule has 0 bridgehead atoms. The summed E-state index contributed by atoms with van der Waals surface area (Å²) >= 11 is 0. The van der Waals surface area contributed by atoms with E-state index in [1.165, 1.54) is 0 Å². The second-order valence-corrected chi connectivity index (χ2v) is 3.46. The SMILES string of the molecule is CC(CN)N(C)c1ccnc(C(N)=O)c1. The Kier molecular flexibility index (Phi) is 3.62. The Morgan fingerprint density at radius 1 is 1.67 bits per heavy atom. The highest BCUT2D eigenvalue weighted by Gasteiger charge is 2.10. The van der Waals surface area contributed by atoms with Gasteiger partial charge in [0.25, 0.3) is 5.91 Å². The second-order valence-electron chi connectivity index (χ2n) is 3.46. The molecule has 0 spiro atoms. The number of likely N-dealkylation sites (N-methyl/N-ethyl adjacent to an activating group) is 1. The fourth-order valence-electron chi connectivity index (χ4n) is 1.19. The fraction of sp³-hybridized carbons (Fsp3) is 0.400. The van der Waals surface area contributed by atoms with Crippen LogP contribution in [-0.4, -0.2) is 30.5 Å². The quantitative estimate of drug-likeness (QED) is 0.727. The summed E-state index contributed by atoms with van der Waals surface area (Å²) in [6, 6.07) is 3.68. The Bertz CT molecular complexity index is 353. The Morgan fingerprint density at radius 3 is 2.87 bits per heavy atom. The van der Waals surface area contributed by atoms with Crippen molar-refractivity contribution < 1.29 is 4.79 Å². The molecule has 1 aromatic rings. The van der Waals surface area contributed by atoms with E-state index in [1.54, 1.807) is 12.3 Å². The fourth-order valence-corrected chi connectivity index (χ4v) is 1.19. The van der Waals surface area contributed by atoms with Gasteiger partial charge < -0.3 is 16.4 Å². The molecule has 0 aliphatic carbocycles. The lowest BCUT2D eigenvalue weighted by Gasteiger charge is -2.25. The number of pyridine rings is 1. The van der Waals surface area contributed by atoms with Gasteiger partial charge in [0.1, 0.15) is 5.69 Å². The lowest BCUT2D eigenvalue weighted by molar-refractivity contribution is 0.0995. The number of hydrogen-bond donors (Lipinski definition) is 2. The van der Waals surface area contributed by atoms with Crippen molar-refractivity contribution in [3.8, 4) is 0 Å². The molecule has 1 amide bonds. The van der Waals surface area contributed by atoms with Crippen LogP contribution in [0.25, 0.3) is 0 Å². The van der Waals surface area contributed by atoms with E-state index in [-0.39, 0.29) is 11.7 Å². The molecule has 1 unspecified atom stereocenters. The molecule has 15 heavy (non-hydrogen) atoms. The lowest BCUT2D eigenvalue weighted by Crippen LogP contribution is -2.35. The maximum Gasteiger partial charge on any atom is 0.267 e. The van der Waals surface area contributed by atoms with Gasteiger partial charge in [0, 0.05) is 31.5 Å². The molecule has 0 saturated heterocycles. The van der Waals surface area contributed by atoms with Crippen molar-refractivity contribution in [2.45, 2.75) is 13.0 Å². The average molecular weight is 208 g/mol. The zero-order valence-corrected chi connectivity index (χ0v) is 8.97. The summed E-state index contributed by atoms with van der Waals surface area (Å²) in [6.45, 7) is 2.55. The van der Waals surface area contributed by atoms with Gasteiger partial charge in [-0.05, 0) is 19.1 Å². The summed E-state index contributed by atoms with van der Waals surface area (Å²) in [5, 5.41) is 0. The van der Waals surface area contributed by atoms with E-state index in [0.29, 0.717) is 6.54 Å². The Labute approximate surface area is 89.1 Å². The lowest BCUT2D eigenvalue weighted by atomic mass is 10.2. The maximum atomic E-state index is 10.9. The van der Waals surface area contributed by atoms with Crippen LogP contribution in [0.15, 0.2) is 18.3 Å². The number of carbonyl (C=O) groups excluding carboxylic acids is 1. The third kappa shape index (κ3) is 2.66. The van der Waals surface area contributed by atoms with E-state index < -0.39 is 5.91 Å². The molecular formula is C10H16N4O. The third-order valence-electron chi connectivity index (χ3n) is 2.41. The smallest absolute Gasteiger partial charge is 0.267 e. The molecule has 0 aromatic carbocycles. The summed E-state index contributed by atoms with van der Waals surface area (Å²) < 4.78 is 0. The molecule has 1 atom stereocenters. The molecule has 0 aliphatic rings. The molecule has 5 heteroatoms. The summed E-state index contributed by atoms with van der Waals surface area (Å²) in [7, 11) is 1.91. The summed E-state index contributed by atoms with van der Waals surface area (Å²) in [5.74, 6) is -0.523. The van der Waals surface area contributed by atoms with Crippen molar-refractivity contribution in [3.05, 3.63) is 24.0 Å². The number of rotatable bonds is 4. The van der Waals surface area contributed by atoms with Gasteiger partial charge in [-0.25, -0.2) is 0 Å². The van der Waals surface area contributed by atoms with Crippen molar-refractivity contribution in [1.82, 2.24) is 4.98 Å². The minimum atomic E-state index is -0.523. The minimum absolute atomic E-state index is 0.202. The Hall–Kier alpha value is -1.62. The number of hydrogen-bond acceptors (Lipinski definition) is 4. The van der Waals surface area contributed by atoms with Gasteiger partial charge in [-0.2, -0.15) is 0 Å². The largest absolute Gasteiger partial charge is 0.371 e. The van der Waals surface area contributed by atoms with Crippen molar-refractivity contribution in [3.63, 3.8) is 0 Å². The van der Waals surface area contributed by atoms with Gasteiger partial charge in [0.2, 0.25) is 0 Å². The number of aromatic nitrogens is 1. The van der Waals surface area contributed by atoms with Crippen LogP contribution in [0, 0.1) is 0 Å². The second kappa shape index (κ2) is 4.75. The molecule has 1 rings (SSSR count). The number of amides is 1. The highest BCUT2D eigenvalue weighted by atomic mass is 16.1. The zero-order chi connectivity index (χ0) is 11.4. The van der Waals surface area contributed by atoms with Crippen LogP contribution in [-0.2, 0) is 0 Å². The molecule has 82 valence electrons. The predicted octanol–water partition coefficient (Wildman–Crippen LogP) is -0.0361. The number of nitrogens with two attached hydrogens (primary N) is 2. The van der Waals surface area contributed by atoms with Crippen molar-refractivity contribution >= 4 is 11.6 Å². The maximum absolute atomic E-state index is 10.9. The standard InChI is InChI=1S/C10H16N4O/c1-7(6-11)14(2)8-3-4-13-9(5-8)10(12)15/h3-5,7H,6,11H2,1-2H3,(H2,12,15). The van der Waals surface area contributed by atoms with Crippen LogP contribution in [0.4, 0.5) is 5.69 Å². The monoisotopic (exact) mass is 208 g/mol. The average Bonchev–Trinajstić information content (AvgIpc) is 2.27. The predicted molar refractivity (Wildman–Crippen MR) is 59.7 cm³/mol. The molecule has 5 nitrogen and oxygen atoms in total. The molecular weight excluding hydrogens is 192 g/mol. The highest BCUT2D eigenvalue weighted by Crippen LogP contribution is 2.14. The van der Waals surface area contributed by atoms with Crippen LogP contribution in [0.1, 0.15) is 17.4 Å². The van der Waals surface area contributed by atoms with Gasteiger partial charge in [-0.3, -0.25) is 9.78 Å². The number of anilines is 1. The highest BCUT2D eigenvalue weighted by molar-refractivity contribution is 5.91. The number of nitrogens with zero attached hydrogens (tertiary/aromatic N) is 2. The van der Waals surface area contributed by atoms with Gasteiger partial charge >= 0.3 is 0 Å². The molecule has 4 N–H and O–H groups in total. The van der Waals surface area contributed by atoms with E-state index in [0.717, 1.165) is 5.69 Å². The minimum Gasteiger partial charge on any atom is -0.371 e. The van der Waals surface area contributed by atoms with E-state index in [1.807, 2.05) is 24.9 Å². The van der Waals surface area contributed by atoms with Gasteiger partial charge in [0.15, 0.2) is 0 Å². The Balaban J connectivity index is 2.94. The van der Waals surface area contributed by atoms with E-state index in [9.17, 15) is 4.79 Å². The van der Waals surface area contributed by atoms with E-state index >= 15 is 0 Å². The summed E-state index contributed by atoms with van der Waals surface area (Å²) in [4.78, 5) is 16.8. The topological polar surface area (TPSA) is 85.2 Å². The molecule has 0 saturated carbocycles. The molecule has 0 fully saturated rings. The van der Waals surface area contributed by atoms with Crippen molar-refractivity contribution in [2.75, 3.05) is 18.5 Å². The first-order chi connectivity index (χ1) is 7.06. The number of carbonyl (C=O) groups is 1. The van der Waals surface area contributed by atoms with Gasteiger partial charge in [0.05, 0.1) is 0 Å². The van der Waals surface area contributed by atoms with Crippen molar-refractivity contribution in [2.24, 2.45) is 11.5 Å².